The first-order valence-electron chi connectivity index (χ1n) is 4.08. The summed E-state index contributed by atoms with van der Waals surface area (Å²) >= 11 is 1.22. The number of carboxylic acid groups (broad SMARTS) is 1. The molecular formula is C10H8O3S. The van der Waals surface area contributed by atoms with Crippen molar-refractivity contribution in [2.45, 2.75) is 6.61 Å². The van der Waals surface area contributed by atoms with Crippen molar-refractivity contribution in [3.8, 4) is 0 Å². The van der Waals surface area contributed by atoms with Crippen LogP contribution in [-0.4, -0.2) is 16.2 Å². The second-order valence-corrected chi connectivity index (χ2v) is 3.99. The van der Waals surface area contributed by atoms with Crippen LogP contribution in [-0.2, 0) is 6.61 Å². The summed E-state index contributed by atoms with van der Waals surface area (Å²) in [5.41, 5.74) is 0.770. The summed E-state index contributed by atoms with van der Waals surface area (Å²) in [6.45, 7) is -0.0624. The molecule has 3 nitrogen and oxygen atoms in total. The molecule has 0 aliphatic heterocycles. The lowest BCUT2D eigenvalue weighted by Gasteiger charge is -1.96. The summed E-state index contributed by atoms with van der Waals surface area (Å²) in [5, 5.41) is 18.7. The normalized spacial score (nSPS) is 10.6. The standard InChI is InChI=1S/C10H8O3S/c11-5-6-2-1-3-8-7(6)4-9(14-8)10(12)13/h1-4,11H,5H2,(H,12,13). The van der Waals surface area contributed by atoms with E-state index in [0.717, 1.165) is 15.6 Å². The van der Waals surface area contributed by atoms with Crippen molar-refractivity contribution in [3.05, 3.63) is 34.7 Å². The van der Waals surface area contributed by atoms with Gasteiger partial charge >= 0.3 is 5.97 Å². The zero-order chi connectivity index (χ0) is 10.1. The van der Waals surface area contributed by atoms with E-state index in [9.17, 15) is 4.79 Å². The van der Waals surface area contributed by atoms with E-state index in [0.29, 0.717) is 4.88 Å². The van der Waals surface area contributed by atoms with Crippen LogP contribution < -0.4 is 0 Å². The number of aliphatic hydroxyl groups excluding tert-OH is 1. The number of carboxylic acids is 1. The van der Waals surface area contributed by atoms with Crippen molar-refractivity contribution in [3.63, 3.8) is 0 Å². The van der Waals surface area contributed by atoms with Crippen molar-refractivity contribution in [1.82, 2.24) is 0 Å². The predicted molar refractivity (Wildman–Crippen MR) is 54.7 cm³/mol. The zero-order valence-electron chi connectivity index (χ0n) is 7.23. The van der Waals surface area contributed by atoms with Gasteiger partial charge in [-0.2, -0.15) is 0 Å². The molecule has 2 aromatic rings. The van der Waals surface area contributed by atoms with E-state index in [1.54, 1.807) is 12.1 Å². The highest BCUT2D eigenvalue weighted by atomic mass is 32.1. The molecule has 0 unspecified atom stereocenters. The Morgan fingerprint density at radius 1 is 1.43 bits per heavy atom. The highest BCUT2D eigenvalue weighted by Crippen LogP contribution is 2.28. The molecule has 2 N–H and O–H groups in total. The van der Waals surface area contributed by atoms with Crippen molar-refractivity contribution < 1.29 is 15.0 Å². The molecule has 1 aromatic heterocycles. The zero-order valence-corrected chi connectivity index (χ0v) is 8.04. The molecular weight excluding hydrogens is 200 g/mol. The number of hydrogen-bond acceptors (Lipinski definition) is 3. The summed E-state index contributed by atoms with van der Waals surface area (Å²) in [6.07, 6.45) is 0. The quantitative estimate of drug-likeness (QED) is 0.794. The third-order valence-electron chi connectivity index (χ3n) is 2.03. The maximum atomic E-state index is 10.7. The minimum Gasteiger partial charge on any atom is -0.477 e. The van der Waals surface area contributed by atoms with Gasteiger partial charge < -0.3 is 10.2 Å². The number of carbonyl (C=O) groups is 1. The Morgan fingerprint density at radius 2 is 2.21 bits per heavy atom. The van der Waals surface area contributed by atoms with Gasteiger partial charge in [0.2, 0.25) is 0 Å². The van der Waals surface area contributed by atoms with Gasteiger partial charge in [-0.25, -0.2) is 4.79 Å². The molecule has 2 rings (SSSR count). The van der Waals surface area contributed by atoms with Crippen molar-refractivity contribution in [1.29, 1.82) is 0 Å². The van der Waals surface area contributed by atoms with Crippen LogP contribution in [0.1, 0.15) is 15.2 Å². The Morgan fingerprint density at radius 3 is 2.86 bits per heavy atom. The third-order valence-corrected chi connectivity index (χ3v) is 3.12. The molecule has 72 valence electrons. The van der Waals surface area contributed by atoms with Crippen LogP contribution in [0.2, 0.25) is 0 Å². The van der Waals surface area contributed by atoms with Gasteiger partial charge in [-0.05, 0) is 23.1 Å². The van der Waals surface area contributed by atoms with Crippen LogP contribution in [0, 0.1) is 0 Å². The van der Waals surface area contributed by atoms with Crippen molar-refractivity contribution >= 4 is 27.4 Å². The SMILES string of the molecule is O=C(O)c1cc2c(CO)cccc2s1. The lowest BCUT2D eigenvalue weighted by atomic mass is 10.1. The van der Waals surface area contributed by atoms with E-state index in [2.05, 4.69) is 0 Å². The Bertz CT molecular complexity index is 487. The largest absolute Gasteiger partial charge is 0.477 e. The fraction of sp³-hybridized carbons (Fsp3) is 0.100. The Balaban J connectivity index is 2.70. The molecule has 0 aliphatic carbocycles. The molecule has 0 bridgehead atoms. The molecule has 0 fully saturated rings. The summed E-state index contributed by atoms with van der Waals surface area (Å²) in [4.78, 5) is 11.0. The average Bonchev–Trinajstić information content (AvgIpc) is 2.60. The highest BCUT2D eigenvalue weighted by Gasteiger charge is 2.09. The molecule has 0 amide bonds. The molecule has 0 saturated heterocycles. The van der Waals surface area contributed by atoms with Crippen LogP contribution in [0.25, 0.3) is 10.1 Å². The van der Waals surface area contributed by atoms with Crippen LogP contribution >= 0.6 is 11.3 Å². The van der Waals surface area contributed by atoms with E-state index in [4.69, 9.17) is 10.2 Å². The second kappa shape index (κ2) is 3.40. The number of fused-ring (bicyclic) bond motifs is 1. The number of aromatic carboxylic acids is 1. The third kappa shape index (κ3) is 1.38. The Hall–Kier alpha value is -1.39. The van der Waals surface area contributed by atoms with Crippen molar-refractivity contribution in [2.75, 3.05) is 0 Å². The maximum Gasteiger partial charge on any atom is 0.345 e. The average molecular weight is 208 g/mol. The topological polar surface area (TPSA) is 57.5 Å². The minimum absolute atomic E-state index is 0.0624. The van der Waals surface area contributed by atoms with Gasteiger partial charge in [0, 0.05) is 4.70 Å². The lowest BCUT2D eigenvalue weighted by Crippen LogP contribution is -1.89. The van der Waals surface area contributed by atoms with Crippen LogP contribution in [0.4, 0.5) is 0 Å². The second-order valence-electron chi connectivity index (χ2n) is 2.90. The number of hydrogen-bond donors (Lipinski definition) is 2. The van der Waals surface area contributed by atoms with Gasteiger partial charge in [-0.1, -0.05) is 12.1 Å². The molecule has 0 spiro atoms. The molecule has 0 aliphatic rings. The lowest BCUT2D eigenvalue weighted by molar-refractivity contribution is 0.0702. The number of rotatable bonds is 2. The smallest absolute Gasteiger partial charge is 0.345 e. The van der Waals surface area contributed by atoms with Gasteiger partial charge in [0.25, 0.3) is 0 Å². The van der Waals surface area contributed by atoms with Crippen LogP contribution in [0.15, 0.2) is 24.3 Å². The Kier molecular flexibility index (Phi) is 2.23. The molecule has 4 heteroatoms. The van der Waals surface area contributed by atoms with E-state index in [-0.39, 0.29) is 6.61 Å². The molecule has 1 aromatic carbocycles. The first kappa shape index (κ1) is 9.18. The summed E-state index contributed by atoms with van der Waals surface area (Å²) < 4.78 is 0.897. The van der Waals surface area contributed by atoms with Gasteiger partial charge in [0.15, 0.2) is 0 Å². The Labute approximate surface area is 84.2 Å². The predicted octanol–water partition coefficient (Wildman–Crippen LogP) is 2.09. The van der Waals surface area contributed by atoms with Gasteiger partial charge in [-0.3, -0.25) is 0 Å². The summed E-state index contributed by atoms with van der Waals surface area (Å²) in [7, 11) is 0. The van der Waals surface area contributed by atoms with E-state index >= 15 is 0 Å². The molecule has 1 heterocycles. The molecule has 14 heavy (non-hydrogen) atoms. The summed E-state index contributed by atoms with van der Waals surface area (Å²) in [5.74, 6) is -0.921. The van der Waals surface area contributed by atoms with Crippen LogP contribution in [0.3, 0.4) is 0 Å². The monoisotopic (exact) mass is 208 g/mol. The van der Waals surface area contributed by atoms with Gasteiger partial charge in [0.05, 0.1) is 6.61 Å². The maximum absolute atomic E-state index is 10.7. The first-order valence-corrected chi connectivity index (χ1v) is 4.89. The first-order chi connectivity index (χ1) is 6.72. The van der Waals surface area contributed by atoms with E-state index in [1.807, 2.05) is 12.1 Å². The number of aliphatic hydroxyl groups is 1. The van der Waals surface area contributed by atoms with Crippen molar-refractivity contribution in [2.24, 2.45) is 0 Å². The fourth-order valence-electron chi connectivity index (χ4n) is 1.36. The van der Waals surface area contributed by atoms with Crippen LogP contribution in [0.5, 0.6) is 0 Å². The minimum atomic E-state index is -0.921. The number of thiophene rings is 1. The fourth-order valence-corrected chi connectivity index (χ4v) is 2.31. The highest BCUT2D eigenvalue weighted by molar-refractivity contribution is 7.20. The molecule has 0 saturated carbocycles. The van der Waals surface area contributed by atoms with Gasteiger partial charge in [0.1, 0.15) is 4.88 Å². The number of benzene rings is 1. The summed E-state index contributed by atoms with van der Waals surface area (Å²) in [6, 6.07) is 7.07. The van der Waals surface area contributed by atoms with E-state index in [1.165, 1.54) is 11.3 Å². The van der Waals surface area contributed by atoms with Gasteiger partial charge in [-0.15, -0.1) is 11.3 Å². The molecule has 0 radical (unpaired) electrons. The molecule has 0 atom stereocenters. The van der Waals surface area contributed by atoms with E-state index < -0.39 is 5.97 Å².